The lowest BCUT2D eigenvalue weighted by Crippen LogP contribution is -2.37. The third-order valence-electron chi connectivity index (χ3n) is 3.49. The first-order valence-corrected chi connectivity index (χ1v) is 7.43. The van der Waals surface area contributed by atoms with Gasteiger partial charge < -0.3 is 4.42 Å². The van der Waals surface area contributed by atoms with Gasteiger partial charge in [-0.25, -0.2) is 5.43 Å². The molecule has 1 saturated heterocycles. The van der Waals surface area contributed by atoms with Crippen LogP contribution in [0.1, 0.15) is 37.9 Å². The predicted octanol–water partition coefficient (Wildman–Crippen LogP) is 1.90. The molecular weight excluding hydrogens is 288 g/mol. The van der Waals surface area contributed by atoms with E-state index in [0.717, 1.165) is 25.9 Å². The Labute approximate surface area is 128 Å². The van der Waals surface area contributed by atoms with E-state index < -0.39 is 4.92 Å². The molecule has 0 atom stereocenters. The maximum atomic E-state index is 11.8. The van der Waals surface area contributed by atoms with Gasteiger partial charge in [-0.15, -0.1) is 0 Å². The van der Waals surface area contributed by atoms with Gasteiger partial charge in [0.2, 0.25) is 0 Å². The molecule has 22 heavy (non-hydrogen) atoms. The highest BCUT2D eigenvalue weighted by molar-refractivity contribution is 5.81. The van der Waals surface area contributed by atoms with Crippen molar-refractivity contribution in [3.05, 3.63) is 28.0 Å². The van der Waals surface area contributed by atoms with Gasteiger partial charge in [0.1, 0.15) is 4.92 Å². The molecule has 8 nitrogen and oxygen atoms in total. The molecule has 1 amide bonds. The lowest BCUT2D eigenvalue weighted by molar-refractivity contribution is -0.402. The second kappa shape index (κ2) is 8.28. The normalized spacial score (nSPS) is 17.1. The minimum absolute atomic E-state index is 0.196. The van der Waals surface area contributed by atoms with Crippen molar-refractivity contribution in [3.8, 4) is 0 Å². The van der Waals surface area contributed by atoms with Crippen molar-refractivity contribution in [1.29, 1.82) is 0 Å². The molecule has 1 aliphatic heterocycles. The fourth-order valence-electron chi connectivity index (χ4n) is 2.39. The Balaban J connectivity index is 1.76. The maximum absolute atomic E-state index is 11.8. The average molecular weight is 308 g/mol. The van der Waals surface area contributed by atoms with Crippen LogP contribution < -0.4 is 5.43 Å². The fraction of sp³-hybridized carbons (Fsp3) is 0.571. The summed E-state index contributed by atoms with van der Waals surface area (Å²) in [7, 11) is 0. The van der Waals surface area contributed by atoms with Gasteiger partial charge in [0.05, 0.1) is 18.8 Å². The van der Waals surface area contributed by atoms with Crippen molar-refractivity contribution in [1.82, 2.24) is 10.3 Å². The van der Waals surface area contributed by atoms with Crippen LogP contribution in [0.3, 0.4) is 0 Å². The number of hydrazone groups is 1. The van der Waals surface area contributed by atoms with Crippen molar-refractivity contribution in [2.75, 3.05) is 19.6 Å². The first-order chi connectivity index (χ1) is 10.6. The quantitative estimate of drug-likeness (QED) is 0.508. The van der Waals surface area contributed by atoms with Gasteiger partial charge in [-0.05, 0) is 32.0 Å². The molecule has 1 aromatic heterocycles. The topological polar surface area (TPSA) is 101 Å². The minimum atomic E-state index is -0.627. The Morgan fingerprint density at radius 1 is 1.32 bits per heavy atom. The fourth-order valence-corrected chi connectivity index (χ4v) is 2.39. The summed E-state index contributed by atoms with van der Waals surface area (Å²) < 4.78 is 4.90. The molecule has 0 saturated carbocycles. The molecule has 1 N–H and O–H groups in total. The first-order valence-electron chi connectivity index (χ1n) is 7.43. The van der Waals surface area contributed by atoms with Crippen LogP contribution in [0.15, 0.2) is 21.7 Å². The van der Waals surface area contributed by atoms with Crippen LogP contribution in [0.4, 0.5) is 5.88 Å². The van der Waals surface area contributed by atoms with Gasteiger partial charge in [-0.3, -0.25) is 19.8 Å². The molecule has 1 fully saturated rings. The molecule has 0 unspecified atom stereocenters. The highest BCUT2D eigenvalue weighted by Gasteiger charge is 2.12. The summed E-state index contributed by atoms with van der Waals surface area (Å²) in [5.41, 5.74) is 2.41. The van der Waals surface area contributed by atoms with E-state index in [9.17, 15) is 14.9 Å². The number of nitro groups is 1. The van der Waals surface area contributed by atoms with Crippen LogP contribution in [-0.2, 0) is 4.79 Å². The third-order valence-corrected chi connectivity index (χ3v) is 3.49. The molecule has 120 valence electrons. The van der Waals surface area contributed by atoms with E-state index in [1.165, 1.54) is 37.6 Å². The number of nitrogens with one attached hydrogen (secondary N) is 1. The molecular formula is C14H20N4O4. The highest BCUT2D eigenvalue weighted by atomic mass is 16.6. The largest absolute Gasteiger partial charge is 0.433 e. The van der Waals surface area contributed by atoms with E-state index in [1.807, 2.05) is 0 Å². The average Bonchev–Trinajstić information content (AvgIpc) is 2.91. The standard InChI is InChI=1S/C14H20N4O4/c19-13(11-17-8-4-2-1-3-5-9-17)16-15-10-12-6-7-14(22-12)18(20)21/h6-7,10H,1-5,8-9,11H2,(H,16,19). The number of nitrogens with zero attached hydrogens (tertiary/aromatic N) is 3. The monoisotopic (exact) mass is 308 g/mol. The lowest BCUT2D eigenvalue weighted by Gasteiger charge is -2.23. The van der Waals surface area contributed by atoms with Crippen molar-refractivity contribution >= 4 is 18.0 Å². The van der Waals surface area contributed by atoms with E-state index >= 15 is 0 Å². The summed E-state index contributed by atoms with van der Waals surface area (Å²) in [6, 6.07) is 2.66. The van der Waals surface area contributed by atoms with Gasteiger partial charge in [0.25, 0.3) is 5.91 Å². The van der Waals surface area contributed by atoms with Gasteiger partial charge in [0, 0.05) is 0 Å². The Morgan fingerprint density at radius 3 is 2.64 bits per heavy atom. The number of rotatable bonds is 5. The Bertz CT molecular complexity index is 533. The van der Waals surface area contributed by atoms with Crippen molar-refractivity contribution in [2.24, 2.45) is 5.10 Å². The summed E-state index contributed by atoms with van der Waals surface area (Å²) in [5, 5.41) is 14.2. The summed E-state index contributed by atoms with van der Waals surface area (Å²) in [6.07, 6.45) is 7.19. The van der Waals surface area contributed by atoms with E-state index in [4.69, 9.17) is 4.42 Å². The number of furan rings is 1. The summed E-state index contributed by atoms with van der Waals surface area (Å²) >= 11 is 0. The molecule has 0 bridgehead atoms. The summed E-state index contributed by atoms with van der Waals surface area (Å²) in [4.78, 5) is 23.8. The van der Waals surface area contributed by atoms with Crippen molar-refractivity contribution in [2.45, 2.75) is 32.1 Å². The van der Waals surface area contributed by atoms with Gasteiger partial charge in [0.15, 0.2) is 5.76 Å². The molecule has 1 aliphatic rings. The third kappa shape index (κ3) is 5.28. The zero-order valence-electron chi connectivity index (χ0n) is 12.4. The molecule has 0 aliphatic carbocycles. The Kier molecular flexibility index (Phi) is 6.08. The Morgan fingerprint density at radius 2 is 2.00 bits per heavy atom. The second-order valence-corrected chi connectivity index (χ2v) is 5.27. The number of hydrogen-bond donors (Lipinski definition) is 1. The van der Waals surface area contributed by atoms with Crippen molar-refractivity contribution in [3.63, 3.8) is 0 Å². The van der Waals surface area contributed by atoms with Crippen LogP contribution >= 0.6 is 0 Å². The second-order valence-electron chi connectivity index (χ2n) is 5.27. The highest BCUT2D eigenvalue weighted by Crippen LogP contribution is 2.13. The lowest BCUT2D eigenvalue weighted by atomic mass is 10.1. The van der Waals surface area contributed by atoms with Crippen LogP contribution in [-0.4, -0.2) is 41.6 Å². The predicted molar refractivity (Wildman–Crippen MR) is 80.6 cm³/mol. The molecule has 2 heterocycles. The van der Waals surface area contributed by atoms with E-state index in [2.05, 4.69) is 15.4 Å². The van der Waals surface area contributed by atoms with Crippen LogP contribution in [0.2, 0.25) is 0 Å². The molecule has 0 radical (unpaired) electrons. The molecule has 1 aromatic rings. The smallest absolute Gasteiger partial charge is 0.400 e. The van der Waals surface area contributed by atoms with Crippen LogP contribution in [0, 0.1) is 10.1 Å². The maximum Gasteiger partial charge on any atom is 0.433 e. The van der Waals surface area contributed by atoms with E-state index in [1.54, 1.807) is 0 Å². The number of amides is 1. The molecule has 0 aromatic carbocycles. The van der Waals surface area contributed by atoms with Gasteiger partial charge in [-0.1, -0.05) is 19.3 Å². The van der Waals surface area contributed by atoms with E-state index in [0.29, 0.717) is 6.54 Å². The number of likely N-dealkylation sites (tertiary alicyclic amines) is 1. The van der Waals surface area contributed by atoms with E-state index in [-0.39, 0.29) is 17.6 Å². The minimum Gasteiger partial charge on any atom is -0.400 e. The molecule has 8 heteroatoms. The number of carbonyl (C=O) groups is 1. The first kappa shape index (κ1) is 16.2. The van der Waals surface area contributed by atoms with Gasteiger partial charge >= 0.3 is 5.88 Å². The zero-order valence-corrected chi connectivity index (χ0v) is 12.4. The van der Waals surface area contributed by atoms with Crippen LogP contribution in [0.25, 0.3) is 0 Å². The van der Waals surface area contributed by atoms with Crippen molar-refractivity contribution < 1.29 is 14.1 Å². The Hall–Kier alpha value is -2.22. The summed E-state index contributed by atoms with van der Waals surface area (Å²) in [5.74, 6) is -0.329. The SMILES string of the molecule is O=C(CN1CCCCCCC1)NN=Cc1ccc([N+](=O)[O-])o1. The van der Waals surface area contributed by atoms with Gasteiger partial charge in [-0.2, -0.15) is 5.10 Å². The molecule has 2 rings (SSSR count). The molecule has 0 spiro atoms. The summed E-state index contributed by atoms with van der Waals surface area (Å²) in [6.45, 7) is 2.18. The number of hydrogen-bond acceptors (Lipinski definition) is 6. The zero-order chi connectivity index (χ0) is 15.8. The number of carbonyl (C=O) groups excluding carboxylic acids is 1. The van der Waals surface area contributed by atoms with Crippen LogP contribution in [0.5, 0.6) is 0 Å².